The van der Waals surface area contributed by atoms with Crippen molar-refractivity contribution in [3.05, 3.63) is 105 Å². The van der Waals surface area contributed by atoms with E-state index in [0.29, 0.717) is 6.04 Å². The molecule has 0 amide bonds. The predicted molar refractivity (Wildman–Crippen MR) is 128 cm³/mol. The maximum atomic E-state index is 6.16. The van der Waals surface area contributed by atoms with Crippen LogP contribution in [0.3, 0.4) is 0 Å². The number of benzene rings is 3. The van der Waals surface area contributed by atoms with Crippen molar-refractivity contribution < 1.29 is 0 Å². The van der Waals surface area contributed by atoms with E-state index in [-0.39, 0.29) is 6.04 Å². The van der Waals surface area contributed by atoms with Crippen LogP contribution in [0.25, 0.3) is 0 Å². The number of likely N-dealkylation sites (tertiary alicyclic amines) is 1. The Morgan fingerprint density at radius 2 is 1.47 bits per heavy atom. The lowest BCUT2D eigenvalue weighted by molar-refractivity contribution is 0.175. The largest absolute Gasteiger partial charge is 0.292 e. The highest BCUT2D eigenvalue weighted by Crippen LogP contribution is 2.34. The lowest BCUT2D eigenvalue weighted by Gasteiger charge is -2.37. The second-order valence-electron chi connectivity index (χ2n) is 7.91. The molecule has 1 aliphatic heterocycles. The predicted octanol–water partition coefficient (Wildman–Crippen LogP) is 6.97. The Hall–Kier alpha value is -2.13. The summed E-state index contributed by atoms with van der Waals surface area (Å²) >= 11 is 12.1. The average molecular weight is 437 g/mol. The maximum Gasteiger partial charge on any atom is 0.0604 e. The molecule has 0 aliphatic carbocycles. The first-order chi connectivity index (χ1) is 14.6. The van der Waals surface area contributed by atoms with E-state index in [0.717, 1.165) is 41.5 Å². The van der Waals surface area contributed by atoms with Gasteiger partial charge in [0, 0.05) is 29.3 Å². The van der Waals surface area contributed by atoms with Gasteiger partial charge in [-0.2, -0.15) is 0 Å². The first-order valence-electron chi connectivity index (χ1n) is 10.4. The van der Waals surface area contributed by atoms with E-state index < -0.39 is 0 Å². The minimum absolute atomic E-state index is 0.240. The molecule has 1 saturated heterocycles. The molecule has 1 heterocycles. The first kappa shape index (κ1) is 21.1. The first-order valence-corrected chi connectivity index (χ1v) is 11.2. The van der Waals surface area contributed by atoms with Crippen LogP contribution in [-0.4, -0.2) is 30.2 Å². The van der Waals surface area contributed by atoms with Gasteiger partial charge >= 0.3 is 0 Å². The quantitative estimate of drug-likeness (QED) is 0.394. The van der Waals surface area contributed by atoms with Crippen molar-refractivity contribution in [1.29, 1.82) is 0 Å². The molecule has 30 heavy (non-hydrogen) atoms. The van der Waals surface area contributed by atoms with Crippen LogP contribution in [0, 0.1) is 6.92 Å². The second kappa shape index (κ2) is 9.78. The normalized spacial score (nSPS) is 16.8. The van der Waals surface area contributed by atoms with Gasteiger partial charge in [0.05, 0.1) is 12.1 Å². The molecule has 1 atom stereocenters. The van der Waals surface area contributed by atoms with Gasteiger partial charge in [-0.1, -0.05) is 71.7 Å². The lowest BCUT2D eigenvalue weighted by atomic mass is 9.91. The van der Waals surface area contributed by atoms with Gasteiger partial charge in [-0.3, -0.25) is 9.89 Å². The molecule has 154 valence electrons. The molecule has 3 aromatic rings. The van der Waals surface area contributed by atoms with Crippen LogP contribution in [0.15, 0.2) is 77.8 Å². The maximum absolute atomic E-state index is 6.16. The minimum Gasteiger partial charge on any atom is -0.292 e. The van der Waals surface area contributed by atoms with Gasteiger partial charge in [0.1, 0.15) is 0 Å². The summed E-state index contributed by atoms with van der Waals surface area (Å²) in [4.78, 5) is 7.42. The van der Waals surface area contributed by atoms with Crippen molar-refractivity contribution in [2.24, 2.45) is 4.99 Å². The molecule has 0 bridgehead atoms. The number of piperidine rings is 1. The average Bonchev–Trinajstić information content (AvgIpc) is 2.77. The molecule has 0 saturated carbocycles. The Labute approximate surface area is 189 Å². The molecule has 4 heteroatoms. The van der Waals surface area contributed by atoms with Gasteiger partial charge < -0.3 is 0 Å². The Morgan fingerprint density at radius 1 is 0.867 bits per heavy atom. The molecule has 1 aliphatic rings. The molecular weight excluding hydrogens is 411 g/mol. The number of aryl methyl sites for hydroxylation is 1. The number of nitrogens with zero attached hydrogens (tertiary/aromatic N) is 2. The minimum atomic E-state index is 0.240. The smallest absolute Gasteiger partial charge is 0.0604 e. The fourth-order valence-corrected chi connectivity index (χ4v) is 4.41. The fraction of sp³-hybridized carbons (Fsp3) is 0.269. The summed E-state index contributed by atoms with van der Waals surface area (Å²) in [7, 11) is 0. The zero-order chi connectivity index (χ0) is 20.9. The van der Waals surface area contributed by atoms with Crippen molar-refractivity contribution in [3.8, 4) is 0 Å². The van der Waals surface area contributed by atoms with Crippen LogP contribution in [0.1, 0.15) is 41.1 Å². The SMILES string of the molecule is Cc1ccccc1C(c1ccc(Cl)cc1)N1CCC(/N=C/c2ccc(Cl)cc2)CC1. The monoisotopic (exact) mass is 436 g/mol. The number of rotatable bonds is 5. The molecule has 0 spiro atoms. The Bertz CT molecular complexity index is 988. The van der Waals surface area contributed by atoms with Crippen molar-refractivity contribution in [1.82, 2.24) is 4.90 Å². The van der Waals surface area contributed by atoms with Crippen molar-refractivity contribution in [3.63, 3.8) is 0 Å². The number of halogens is 2. The third-order valence-corrected chi connectivity index (χ3v) is 6.34. The van der Waals surface area contributed by atoms with E-state index in [1.807, 2.05) is 42.6 Å². The van der Waals surface area contributed by atoms with E-state index in [4.69, 9.17) is 28.2 Å². The lowest BCUT2D eigenvalue weighted by Crippen LogP contribution is -2.38. The summed E-state index contributed by atoms with van der Waals surface area (Å²) in [6.07, 6.45) is 4.09. The summed E-state index contributed by atoms with van der Waals surface area (Å²) in [5, 5.41) is 1.53. The van der Waals surface area contributed by atoms with Crippen LogP contribution in [0.5, 0.6) is 0 Å². The number of aliphatic imine (C=N–C) groups is 1. The van der Waals surface area contributed by atoms with Crippen LogP contribution in [-0.2, 0) is 0 Å². The molecular formula is C26H26Cl2N2. The topological polar surface area (TPSA) is 15.6 Å². The van der Waals surface area contributed by atoms with E-state index in [2.05, 4.69) is 48.2 Å². The van der Waals surface area contributed by atoms with Crippen molar-refractivity contribution in [2.75, 3.05) is 13.1 Å². The Morgan fingerprint density at radius 3 is 2.10 bits per heavy atom. The number of hydrogen-bond donors (Lipinski definition) is 0. The van der Waals surface area contributed by atoms with Crippen molar-refractivity contribution >= 4 is 29.4 Å². The molecule has 2 nitrogen and oxygen atoms in total. The standard InChI is InChI=1S/C26H26Cl2N2/c1-19-4-2-3-5-25(19)26(21-8-12-23(28)13-9-21)30-16-14-24(15-17-30)29-18-20-6-10-22(27)11-7-20/h2-13,18,24,26H,14-17H2,1H3/b29-18+. The van der Waals surface area contributed by atoms with Gasteiger partial charge in [0.2, 0.25) is 0 Å². The highest BCUT2D eigenvalue weighted by atomic mass is 35.5. The van der Waals surface area contributed by atoms with Crippen LogP contribution < -0.4 is 0 Å². The van der Waals surface area contributed by atoms with Gasteiger partial charge in [0.15, 0.2) is 0 Å². The summed E-state index contributed by atoms with van der Waals surface area (Å²) in [6, 6.07) is 25.4. The fourth-order valence-electron chi connectivity index (χ4n) is 4.16. The summed E-state index contributed by atoms with van der Waals surface area (Å²) in [5.41, 5.74) is 5.07. The molecule has 0 aromatic heterocycles. The van der Waals surface area contributed by atoms with Crippen molar-refractivity contribution in [2.45, 2.75) is 31.8 Å². The van der Waals surface area contributed by atoms with Gasteiger partial charge in [-0.25, -0.2) is 0 Å². The third-order valence-electron chi connectivity index (χ3n) is 5.84. The summed E-state index contributed by atoms with van der Waals surface area (Å²) in [6.45, 7) is 4.23. The summed E-state index contributed by atoms with van der Waals surface area (Å²) < 4.78 is 0. The molecule has 4 rings (SSSR count). The highest BCUT2D eigenvalue weighted by Gasteiger charge is 2.27. The van der Waals surface area contributed by atoms with E-state index in [1.165, 1.54) is 16.7 Å². The summed E-state index contributed by atoms with van der Waals surface area (Å²) in [5.74, 6) is 0. The van der Waals surface area contributed by atoms with Gasteiger partial charge in [0.25, 0.3) is 0 Å². The Kier molecular flexibility index (Phi) is 6.89. The van der Waals surface area contributed by atoms with E-state index in [9.17, 15) is 0 Å². The van der Waals surface area contributed by atoms with E-state index in [1.54, 1.807) is 0 Å². The highest BCUT2D eigenvalue weighted by molar-refractivity contribution is 6.30. The molecule has 1 fully saturated rings. The molecule has 3 aromatic carbocycles. The molecule has 1 unspecified atom stereocenters. The van der Waals surface area contributed by atoms with E-state index >= 15 is 0 Å². The van der Waals surface area contributed by atoms with Gasteiger partial charge in [-0.15, -0.1) is 0 Å². The van der Waals surface area contributed by atoms with Gasteiger partial charge in [-0.05, 0) is 66.3 Å². The van der Waals surface area contributed by atoms with Crippen LogP contribution in [0.4, 0.5) is 0 Å². The zero-order valence-corrected chi connectivity index (χ0v) is 18.7. The zero-order valence-electron chi connectivity index (χ0n) is 17.1. The second-order valence-corrected chi connectivity index (χ2v) is 8.78. The molecule has 0 N–H and O–H groups in total. The number of hydrogen-bond acceptors (Lipinski definition) is 2. The molecule has 0 radical (unpaired) electrons. The van der Waals surface area contributed by atoms with Crippen LogP contribution in [0.2, 0.25) is 10.0 Å². The van der Waals surface area contributed by atoms with Crippen LogP contribution >= 0.6 is 23.2 Å². The third kappa shape index (κ3) is 5.13. The Balaban J connectivity index is 1.50.